The lowest BCUT2D eigenvalue weighted by Gasteiger charge is -2.08. The molecule has 0 radical (unpaired) electrons. The second-order valence-corrected chi connectivity index (χ2v) is 5.39. The van der Waals surface area contributed by atoms with Crippen LogP contribution in [0.25, 0.3) is 5.69 Å². The van der Waals surface area contributed by atoms with E-state index >= 15 is 0 Å². The summed E-state index contributed by atoms with van der Waals surface area (Å²) in [5.74, 6) is 1.02. The first-order valence-corrected chi connectivity index (χ1v) is 7.33. The molecule has 1 amide bonds. The van der Waals surface area contributed by atoms with Crippen molar-refractivity contribution in [2.45, 2.75) is 6.42 Å². The Bertz CT molecular complexity index is 732. The summed E-state index contributed by atoms with van der Waals surface area (Å²) in [6.07, 6.45) is 6.17. The van der Waals surface area contributed by atoms with Gasteiger partial charge >= 0.3 is 0 Å². The third-order valence-electron chi connectivity index (χ3n) is 3.90. The minimum absolute atomic E-state index is 0.0947. The maximum Gasteiger partial charge on any atom is 0.230 e. The number of hydrogen-bond acceptors (Lipinski definition) is 5. The first kappa shape index (κ1) is 14.9. The van der Waals surface area contributed by atoms with Gasteiger partial charge in [-0.15, -0.1) is 0 Å². The van der Waals surface area contributed by atoms with Crippen LogP contribution in [0, 0.1) is 17.4 Å². The van der Waals surface area contributed by atoms with Crippen LogP contribution in [0.4, 0.5) is 5.82 Å². The maximum atomic E-state index is 12.2. The standard InChI is InChI=1S/C16H17N5O2/c1-23-14-4-2-13(3-5-14)21-9-15(18-11-21)19-16(22)12-6-7-20(8-12)10-17/h2-5,9,11-12H,6-8H2,1H3,(H,19,22). The van der Waals surface area contributed by atoms with Crippen molar-refractivity contribution in [1.82, 2.24) is 14.5 Å². The fourth-order valence-corrected chi connectivity index (χ4v) is 2.58. The molecule has 1 fully saturated rings. The van der Waals surface area contributed by atoms with Gasteiger partial charge in [-0.2, -0.15) is 5.26 Å². The molecule has 0 saturated carbocycles. The number of nitriles is 1. The molecule has 1 unspecified atom stereocenters. The lowest BCUT2D eigenvalue weighted by atomic mass is 10.1. The number of methoxy groups -OCH3 is 1. The Morgan fingerprint density at radius 2 is 2.22 bits per heavy atom. The van der Waals surface area contributed by atoms with Gasteiger partial charge in [0.15, 0.2) is 12.0 Å². The molecule has 1 aliphatic heterocycles. The number of aromatic nitrogens is 2. The van der Waals surface area contributed by atoms with E-state index in [2.05, 4.69) is 16.5 Å². The number of hydrogen-bond donors (Lipinski definition) is 1. The van der Waals surface area contributed by atoms with Gasteiger partial charge in [0, 0.05) is 18.8 Å². The van der Waals surface area contributed by atoms with E-state index in [1.807, 2.05) is 28.8 Å². The van der Waals surface area contributed by atoms with E-state index in [4.69, 9.17) is 10.00 Å². The van der Waals surface area contributed by atoms with Crippen LogP contribution in [0.3, 0.4) is 0 Å². The highest BCUT2D eigenvalue weighted by atomic mass is 16.5. The van der Waals surface area contributed by atoms with Gasteiger partial charge in [-0.1, -0.05) is 0 Å². The van der Waals surface area contributed by atoms with Gasteiger partial charge in [-0.05, 0) is 30.7 Å². The number of nitrogens with one attached hydrogen (secondary N) is 1. The van der Waals surface area contributed by atoms with Crippen LogP contribution in [0.1, 0.15) is 6.42 Å². The van der Waals surface area contributed by atoms with E-state index in [0.29, 0.717) is 25.3 Å². The molecule has 1 saturated heterocycles. The van der Waals surface area contributed by atoms with Crippen LogP contribution in [0.2, 0.25) is 0 Å². The number of imidazole rings is 1. The molecule has 1 N–H and O–H groups in total. The lowest BCUT2D eigenvalue weighted by Crippen LogP contribution is -2.25. The Labute approximate surface area is 134 Å². The lowest BCUT2D eigenvalue weighted by molar-refractivity contribution is -0.119. The minimum atomic E-state index is -0.166. The van der Waals surface area contributed by atoms with Crippen LogP contribution in [-0.2, 0) is 4.79 Å². The highest BCUT2D eigenvalue weighted by Crippen LogP contribution is 2.19. The topological polar surface area (TPSA) is 83.2 Å². The van der Waals surface area contributed by atoms with Crippen LogP contribution in [0.5, 0.6) is 5.75 Å². The molecule has 0 spiro atoms. The van der Waals surface area contributed by atoms with E-state index < -0.39 is 0 Å². The third kappa shape index (κ3) is 3.26. The molecular weight excluding hydrogens is 294 g/mol. The molecule has 2 aromatic rings. The molecule has 0 aliphatic carbocycles. The SMILES string of the molecule is COc1ccc(-n2cnc(NC(=O)C3CCN(C#N)C3)c2)cc1. The van der Waals surface area contributed by atoms with Crippen molar-refractivity contribution >= 4 is 11.7 Å². The molecule has 0 bridgehead atoms. The Hall–Kier alpha value is -3.01. The number of carbonyl (C=O) groups excluding carboxylic acids is 1. The van der Waals surface area contributed by atoms with Gasteiger partial charge < -0.3 is 19.5 Å². The van der Waals surface area contributed by atoms with Crippen molar-refractivity contribution in [3.8, 4) is 17.6 Å². The first-order valence-electron chi connectivity index (χ1n) is 7.33. The number of ether oxygens (including phenoxy) is 1. The molecule has 3 rings (SSSR count). The predicted octanol–water partition coefficient (Wildman–Crippen LogP) is 1.62. The molecule has 1 aromatic heterocycles. The number of anilines is 1. The summed E-state index contributed by atoms with van der Waals surface area (Å²) in [4.78, 5) is 18.0. The highest BCUT2D eigenvalue weighted by Gasteiger charge is 2.28. The molecule has 1 aromatic carbocycles. The van der Waals surface area contributed by atoms with Crippen LogP contribution in [0.15, 0.2) is 36.8 Å². The van der Waals surface area contributed by atoms with Crippen molar-refractivity contribution in [1.29, 1.82) is 5.26 Å². The summed E-state index contributed by atoms with van der Waals surface area (Å²) in [5, 5.41) is 11.7. The molecular formula is C16H17N5O2. The Kier molecular flexibility index (Phi) is 4.15. The average molecular weight is 311 g/mol. The summed E-state index contributed by atoms with van der Waals surface area (Å²) in [6.45, 7) is 1.11. The predicted molar refractivity (Wildman–Crippen MR) is 84.0 cm³/mol. The zero-order chi connectivity index (χ0) is 16.2. The quantitative estimate of drug-likeness (QED) is 0.868. The molecule has 2 heterocycles. The zero-order valence-electron chi connectivity index (χ0n) is 12.8. The van der Waals surface area contributed by atoms with Crippen molar-refractivity contribution in [2.75, 3.05) is 25.5 Å². The number of amides is 1. The fourth-order valence-electron chi connectivity index (χ4n) is 2.58. The smallest absolute Gasteiger partial charge is 0.230 e. The average Bonchev–Trinajstić information content (AvgIpc) is 3.24. The van der Waals surface area contributed by atoms with E-state index in [9.17, 15) is 4.79 Å². The zero-order valence-corrected chi connectivity index (χ0v) is 12.8. The van der Waals surface area contributed by atoms with Crippen molar-refractivity contribution in [2.24, 2.45) is 5.92 Å². The van der Waals surface area contributed by atoms with E-state index in [1.54, 1.807) is 24.5 Å². The molecule has 1 aliphatic rings. The monoisotopic (exact) mass is 311 g/mol. The fraction of sp³-hybridized carbons (Fsp3) is 0.312. The summed E-state index contributed by atoms with van der Waals surface area (Å²) in [6, 6.07) is 7.55. The Balaban J connectivity index is 1.65. The van der Waals surface area contributed by atoms with Gasteiger partial charge in [0.2, 0.25) is 5.91 Å². The van der Waals surface area contributed by atoms with E-state index in [0.717, 1.165) is 11.4 Å². The van der Waals surface area contributed by atoms with Crippen molar-refractivity contribution in [3.05, 3.63) is 36.8 Å². The van der Waals surface area contributed by atoms with Crippen LogP contribution >= 0.6 is 0 Å². The Morgan fingerprint density at radius 1 is 1.43 bits per heavy atom. The van der Waals surface area contributed by atoms with E-state index in [-0.39, 0.29) is 11.8 Å². The first-order chi connectivity index (χ1) is 11.2. The molecule has 7 nitrogen and oxygen atoms in total. The number of benzene rings is 1. The third-order valence-corrected chi connectivity index (χ3v) is 3.90. The number of carbonyl (C=O) groups is 1. The highest BCUT2D eigenvalue weighted by molar-refractivity contribution is 5.92. The summed E-state index contributed by atoms with van der Waals surface area (Å²) >= 11 is 0. The molecule has 118 valence electrons. The number of likely N-dealkylation sites (tertiary alicyclic amines) is 1. The normalized spacial score (nSPS) is 16.9. The second-order valence-electron chi connectivity index (χ2n) is 5.39. The largest absolute Gasteiger partial charge is 0.497 e. The Morgan fingerprint density at radius 3 is 2.87 bits per heavy atom. The maximum absolute atomic E-state index is 12.2. The van der Waals surface area contributed by atoms with Crippen LogP contribution in [-0.4, -0.2) is 40.6 Å². The number of nitrogens with zero attached hydrogens (tertiary/aromatic N) is 4. The van der Waals surface area contributed by atoms with Crippen molar-refractivity contribution in [3.63, 3.8) is 0 Å². The molecule has 23 heavy (non-hydrogen) atoms. The van der Waals surface area contributed by atoms with Gasteiger partial charge in [0.05, 0.1) is 19.2 Å². The molecule has 1 atom stereocenters. The van der Waals surface area contributed by atoms with Gasteiger partial charge in [0.1, 0.15) is 12.1 Å². The minimum Gasteiger partial charge on any atom is -0.497 e. The van der Waals surface area contributed by atoms with Gasteiger partial charge in [0.25, 0.3) is 0 Å². The van der Waals surface area contributed by atoms with Crippen molar-refractivity contribution < 1.29 is 9.53 Å². The van der Waals surface area contributed by atoms with Crippen LogP contribution < -0.4 is 10.1 Å². The van der Waals surface area contributed by atoms with Gasteiger partial charge in [-0.25, -0.2) is 4.98 Å². The molecule has 7 heteroatoms. The number of rotatable bonds is 4. The summed E-state index contributed by atoms with van der Waals surface area (Å²) in [7, 11) is 1.62. The summed E-state index contributed by atoms with van der Waals surface area (Å²) in [5.41, 5.74) is 0.926. The second kappa shape index (κ2) is 6.40. The van der Waals surface area contributed by atoms with Gasteiger partial charge in [-0.3, -0.25) is 4.79 Å². The van der Waals surface area contributed by atoms with E-state index in [1.165, 1.54) is 0 Å². The summed E-state index contributed by atoms with van der Waals surface area (Å²) < 4.78 is 6.95.